The summed E-state index contributed by atoms with van der Waals surface area (Å²) >= 11 is 1.91. The third-order valence-electron chi connectivity index (χ3n) is 3.37. The van der Waals surface area contributed by atoms with E-state index in [1.807, 2.05) is 18.9 Å². The summed E-state index contributed by atoms with van der Waals surface area (Å²) in [6, 6.07) is 6.33. The Kier molecular flexibility index (Phi) is 4.35. The fraction of sp³-hybridized carbons (Fsp3) is 0.571. The van der Waals surface area contributed by atoms with Gasteiger partial charge in [0.15, 0.2) is 0 Å². The van der Waals surface area contributed by atoms with Crippen molar-refractivity contribution >= 4 is 17.4 Å². The van der Waals surface area contributed by atoms with Crippen LogP contribution in [0.4, 0.5) is 5.69 Å². The Morgan fingerprint density at radius 1 is 1.35 bits per heavy atom. The second-order valence-electron chi connectivity index (χ2n) is 4.81. The van der Waals surface area contributed by atoms with E-state index in [4.69, 9.17) is 10.5 Å². The van der Waals surface area contributed by atoms with Crippen molar-refractivity contribution in [1.82, 2.24) is 0 Å². The van der Waals surface area contributed by atoms with Crippen LogP contribution in [0.25, 0.3) is 0 Å². The van der Waals surface area contributed by atoms with Gasteiger partial charge in [-0.05, 0) is 50.3 Å². The summed E-state index contributed by atoms with van der Waals surface area (Å²) in [7, 11) is 1.82. The monoisotopic (exact) mass is 251 g/mol. The molecule has 94 valence electrons. The second kappa shape index (κ2) is 5.78. The Bertz CT molecular complexity index is 380. The zero-order valence-corrected chi connectivity index (χ0v) is 11.4. The molecule has 0 bridgehead atoms. The number of nitrogen functional groups attached to an aromatic ring is 1. The van der Waals surface area contributed by atoms with Crippen LogP contribution in [-0.2, 0) is 4.74 Å². The van der Waals surface area contributed by atoms with Crippen LogP contribution < -0.4 is 5.73 Å². The molecule has 2 nitrogen and oxygen atoms in total. The highest BCUT2D eigenvalue weighted by Gasteiger charge is 2.22. The van der Waals surface area contributed by atoms with Crippen LogP contribution in [0.3, 0.4) is 0 Å². The number of thioether (sulfide) groups is 1. The Morgan fingerprint density at radius 3 is 2.88 bits per heavy atom. The fourth-order valence-electron chi connectivity index (χ4n) is 2.38. The van der Waals surface area contributed by atoms with Crippen LogP contribution >= 0.6 is 11.8 Å². The van der Waals surface area contributed by atoms with Crippen molar-refractivity contribution in [3.8, 4) is 0 Å². The molecule has 0 aliphatic heterocycles. The lowest BCUT2D eigenvalue weighted by atomic mass is 9.97. The van der Waals surface area contributed by atoms with E-state index in [1.165, 1.54) is 29.7 Å². The Balaban J connectivity index is 2.00. The summed E-state index contributed by atoms with van der Waals surface area (Å²) in [5.41, 5.74) is 8.19. The lowest BCUT2D eigenvalue weighted by Crippen LogP contribution is -2.23. The molecule has 2 N–H and O–H groups in total. The zero-order chi connectivity index (χ0) is 12.3. The van der Waals surface area contributed by atoms with E-state index in [0.717, 1.165) is 12.1 Å². The summed E-state index contributed by atoms with van der Waals surface area (Å²) in [5.74, 6) is 0. The number of nitrogens with two attached hydrogens (primary N) is 1. The first-order valence-corrected chi connectivity index (χ1v) is 7.12. The molecule has 3 heteroatoms. The average Bonchev–Trinajstić information content (AvgIpc) is 2.33. The van der Waals surface area contributed by atoms with Gasteiger partial charge in [0, 0.05) is 22.9 Å². The molecule has 1 saturated carbocycles. The van der Waals surface area contributed by atoms with Gasteiger partial charge in [-0.2, -0.15) is 0 Å². The van der Waals surface area contributed by atoms with Crippen molar-refractivity contribution in [2.45, 2.75) is 48.9 Å². The molecular formula is C14H21NOS. The highest BCUT2D eigenvalue weighted by atomic mass is 32.2. The van der Waals surface area contributed by atoms with Crippen molar-refractivity contribution in [3.63, 3.8) is 0 Å². The van der Waals surface area contributed by atoms with Gasteiger partial charge >= 0.3 is 0 Å². The van der Waals surface area contributed by atoms with Crippen LogP contribution in [0, 0.1) is 6.92 Å². The Hall–Kier alpha value is -0.670. The minimum atomic E-state index is 0.438. The SMILES string of the molecule is COC1CCCC(Sc2ccc(C)cc2N)C1. The van der Waals surface area contributed by atoms with Gasteiger partial charge in [0.1, 0.15) is 0 Å². The molecule has 1 aliphatic carbocycles. The van der Waals surface area contributed by atoms with Gasteiger partial charge in [0.25, 0.3) is 0 Å². The zero-order valence-electron chi connectivity index (χ0n) is 10.6. The van der Waals surface area contributed by atoms with Gasteiger partial charge in [-0.1, -0.05) is 6.07 Å². The number of ether oxygens (including phenoxy) is 1. The third-order valence-corrected chi connectivity index (χ3v) is 4.76. The van der Waals surface area contributed by atoms with Crippen LogP contribution in [0.1, 0.15) is 31.2 Å². The fourth-order valence-corrected chi connectivity index (χ4v) is 3.67. The van der Waals surface area contributed by atoms with Crippen LogP contribution in [0.15, 0.2) is 23.1 Å². The summed E-state index contributed by atoms with van der Waals surface area (Å²) in [4.78, 5) is 1.22. The number of rotatable bonds is 3. The topological polar surface area (TPSA) is 35.2 Å². The van der Waals surface area contributed by atoms with Crippen molar-refractivity contribution in [2.75, 3.05) is 12.8 Å². The Labute approximate surface area is 108 Å². The normalized spacial score (nSPS) is 24.8. The number of hydrogen-bond donors (Lipinski definition) is 1. The lowest BCUT2D eigenvalue weighted by Gasteiger charge is -2.28. The summed E-state index contributed by atoms with van der Waals surface area (Å²) in [6.45, 7) is 2.08. The van der Waals surface area contributed by atoms with E-state index in [-0.39, 0.29) is 0 Å². The Morgan fingerprint density at radius 2 is 2.18 bits per heavy atom. The number of anilines is 1. The van der Waals surface area contributed by atoms with Crippen molar-refractivity contribution < 1.29 is 4.74 Å². The highest BCUT2D eigenvalue weighted by molar-refractivity contribution is 8.00. The largest absolute Gasteiger partial charge is 0.398 e. The lowest BCUT2D eigenvalue weighted by molar-refractivity contribution is 0.0730. The summed E-state index contributed by atoms with van der Waals surface area (Å²) in [5, 5.41) is 0.652. The van der Waals surface area contributed by atoms with E-state index in [0.29, 0.717) is 11.4 Å². The third kappa shape index (κ3) is 3.39. The molecule has 0 amide bonds. The molecule has 1 fully saturated rings. The van der Waals surface area contributed by atoms with Crippen molar-refractivity contribution in [2.24, 2.45) is 0 Å². The minimum Gasteiger partial charge on any atom is -0.398 e. The van der Waals surface area contributed by atoms with Gasteiger partial charge in [-0.15, -0.1) is 11.8 Å². The molecule has 17 heavy (non-hydrogen) atoms. The van der Waals surface area contributed by atoms with E-state index >= 15 is 0 Å². The van der Waals surface area contributed by atoms with Gasteiger partial charge in [-0.3, -0.25) is 0 Å². The van der Waals surface area contributed by atoms with Crippen molar-refractivity contribution in [3.05, 3.63) is 23.8 Å². The predicted molar refractivity (Wildman–Crippen MR) is 74.5 cm³/mol. The van der Waals surface area contributed by atoms with Gasteiger partial charge in [0.05, 0.1) is 6.10 Å². The molecule has 0 aromatic heterocycles. The second-order valence-corrected chi connectivity index (χ2v) is 6.15. The first kappa shape index (κ1) is 12.8. The van der Waals surface area contributed by atoms with E-state index in [2.05, 4.69) is 25.1 Å². The predicted octanol–water partition coefficient (Wildman–Crippen LogP) is 3.63. The molecule has 1 aromatic rings. The van der Waals surface area contributed by atoms with E-state index < -0.39 is 0 Å². The number of aryl methyl sites for hydroxylation is 1. The molecule has 2 unspecified atom stereocenters. The molecule has 2 rings (SSSR count). The summed E-state index contributed by atoms with van der Waals surface area (Å²) in [6.07, 6.45) is 5.33. The maximum Gasteiger partial charge on any atom is 0.0582 e. The smallest absolute Gasteiger partial charge is 0.0582 e. The maximum atomic E-state index is 6.05. The first-order valence-electron chi connectivity index (χ1n) is 6.24. The van der Waals surface area contributed by atoms with Crippen LogP contribution in [-0.4, -0.2) is 18.5 Å². The summed E-state index contributed by atoms with van der Waals surface area (Å²) < 4.78 is 5.46. The molecular weight excluding hydrogens is 230 g/mol. The molecule has 0 spiro atoms. The molecule has 0 radical (unpaired) electrons. The molecule has 1 aromatic carbocycles. The maximum absolute atomic E-state index is 6.05. The highest BCUT2D eigenvalue weighted by Crippen LogP contribution is 2.37. The van der Waals surface area contributed by atoms with Gasteiger partial charge in [0.2, 0.25) is 0 Å². The number of hydrogen-bond acceptors (Lipinski definition) is 3. The molecule has 1 aliphatic rings. The van der Waals surface area contributed by atoms with Crippen LogP contribution in [0.5, 0.6) is 0 Å². The van der Waals surface area contributed by atoms with Gasteiger partial charge in [-0.25, -0.2) is 0 Å². The molecule has 2 atom stereocenters. The minimum absolute atomic E-state index is 0.438. The quantitative estimate of drug-likeness (QED) is 0.833. The molecule has 0 heterocycles. The van der Waals surface area contributed by atoms with E-state index in [1.54, 1.807) is 0 Å². The molecule has 0 saturated heterocycles. The van der Waals surface area contributed by atoms with E-state index in [9.17, 15) is 0 Å². The van der Waals surface area contributed by atoms with Crippen LogP contribution in [0.2, 0.25) is 0 Å². The standard InChI is InChI=1S/C14H21NOS/c1-10-6-7-14(13(15)8-10)17-12-5-3-4-11(9-12)16-2/h6-8,11-12H,3-5,9,15H2,1-2H3. The van der Waals surface area contributed by atoms with Gasteiger partial charge < -0.3 is 10.5 Å². The number of methoxy groups -OCH3 is 1. The first-order chi connectivity index (χ1) is 8.19. The number of benzene rings is 1. The van der Waals surface area contributed by atoms with Crippen molar-refractivity contribution in [1.29, 1.82) is 0 Å². The average molecular weight is 251 g/mol.